The molecule has 1 aromatic heterocycles. The average molecular weight is 522 g/mol. The number of methoxy groups -OCH3 is 1. The summed E-state index contributed by atoms with van der Waals surface area (Å²) in [6.45, 7) is 10.9. The lowest BCUT2D eigenvalue weighted by atomic mass is 10.1. The van der Waals surface area contributed by atoms with E-state index in [1.54, 1.807) is 14.0 Å². The van der Waals surface area contributed by atoms with Gasteiger partial charge in [0.05, 0.1) is 31.9 Å². The van der Waals surface area contributed by atoms with E-state index < -0.39 is 12.1 Å². The van der Waals surface area contributed by atoms with Gasteiger partial charge in [0.1, 0.15) is 18.7 Å². The molecule has 3 rings (SSSR count). The standard InChI is InChI=1S/C19H27N5O3.C4H12N2.C2H6.CH2O/c1-13(20)19(25)21-16(12-27-11-14-6-4-3-5-7-14)18-23-22-17-9-8-15(26-2)10-24(17)18;1-6-4-2-3-5;2*1-2/h3-7,13,15-16H,8-12,20H2,1-2H3,(H,21,25);6H,2-5H2,1H3;1-2H3;1H2. The first kappa shape index (κ1) is 34.3. The quantitative estimate of drug-likeness (QED) is 0.320. The van der Waals surface area contributed by atoms with Crippen LogP contribution in [0.1, 0.15) is 56.9 Å². The van der Waals surface area contributed by atoms with Gasteiger partial charge in [0.25, 0.3) is 0 Å². The zero-order valence-corrected chi connectivity index (χ0v) is 23.1. The molecule has 37 heavy (non-hydrogen) atoms. The molecule has 0 aliphatic carbocycles. The summed E-state index contributed by atoms with van der Waals surface area (Å²) >= 11 is 0. The first-order chi connectivity index (χ1) is 18.0. The smallest absolute Gasteiger partial charge is 0.237 e. The third-order valence-corrected chi connectivity index (χ3v) is 5.33. The van der Waals surface area contributed by atoms with Gasteiger partial charge in [0.15, 0.2) is 5.82 Å². The van der Waals surface area contributed by atoms with Gasteiger partial charge in [-0.3, -0.25) is 4.79 Å². The SMILES string of the molecule is C=O.CC.CNCCCN.COC1CCc2nnc(C(COCc3ccccc3)NC(=O)C(C)N)n2C1. The molecule has 6 N–H and O–H groups in total. The minimum absolute atomic E-state index is 0.113. The van der Waals surface area contributed by atoms with Crippen molar-refractivity contribution in [1.29, 1.82) is 0 Å². The van der Waals surface area contributed by atoms with Crippen LogP contribution in [0.3, 0.4) is 0 Å². The molecule has 3 atom stereocenters. The Kier molecular flexibility index (Phi) is 19.8. The summed E-state index contributed by atoms with van der Waals surface area (Å²) in [5.74, 6) is 1.33. The number of nitrogens with zero attached hydrogens (tertiary/aromatic N) is 3. The van der Waals surface area contributed by atoms with E-state index in [-0.39, 0.29) is 18.6 Å². The predicted octanol–water partition coefficient (Wildman–Crippen LogP) is 1.36. The van der Waals surface area contributed by atoms with Crippen LogP contribution in [0.2, 0.25) is 0 Å². The number of amides is 1. The number of nitrogens with two attached hydrogens (primary N) is 2. The largest absolute Gasteiger partial charge is 0.380 e. The van der Waals surface area contributed by atoms with Gasteiger partial charge in [-0.05, 0) is 45.5 Å². The molecule has 1 aromatic carbocycles. The number of carbonyl (C=O) groups excluding carboxylic acids is 2. The lowest BCUT2D eigenvalue weighted by Crippen LogP contribution is -2.43. The van der Waals surface area contributed by atoms with E-state index in [0.29, 0.717) is 19.0 Å². The van der Waals surface area contributed by atoms with Crippen LogP contribution in [-0.2, 0) is 38.6 Å². The van der Waals surface area contributed by atoms with Crippen molar-refractivity contribution in [3.8, 4) is 0 Å². The number of aryl methyl sites for hydroxylation is 1. The zero-order valence-electron chi connectivity index (χ0n) is 23.1. The van der Waals surface area contributed by atoms with Crippen molar-refractivity contribution in [2.75, 3.05) is 33.9 Å². The van der Waals surface area contributed by atoms with E-state index in [1.807, 2.05) is 62.6 Å². The lowest BCUT2D eigenvalue weighted by molar-refractivity contribution is -0.123. The number of benzene rings is 1. The molecule has 1 aliphatic rings. The van der Waals surface area contributed by atoms with E-state index in [4.69, 9.17) is 25.7 Å². The van der Waals surface area contributed by atoms with Gasteiger partial charge in [-0.2, -0.15) is 0 Å². The predicted molar refractivity (Wildman–Crippen MR) is 146 cm³/mol. The molecule has 11 nitrogen and oxygen atoms in total. The van der Waals surface area contributed by atoms with Crippen LogP contribution in [0.5, 0.6) is 0 Å². The van der Waals surface area contributed by atoms with E-state index >= 15 is 0 Å². The highest BCUT2D eigenvalue weighted by Gasteiger charge is 2.28. The second-order valence-electron chi connectivity index (χ2n) is 8.08. The fourth-order valence-corrected chi connectivity index (χ4v) is 3.40. The Balaban J connectivity index is 0.00000112. The molecular formula is C26H47N7O4. The summed E-state index contributed by atoms with van der Waals surface area (Å²) in [5.41, 5.74) is 12.0. The van der Waals surface area contributed by atoms with E-state index in [9.17, 15) is 4.79 Å². The average Bonchev–Trinajstić information content (AvgIpc) is 3.37. The second-order valence-corrected chi connectivity index (χ2v) is 8.08. The highest BCUT2D eigenvalue weighted by molar-refractivity contribution is 5.81. The first-order valence-corrected chi connectivity index (χ1v) is 12.8. The Bertz CT molecular complexity index is 830. The van der Waals surface area contributed by atoms with E-state index in [1.165, 1.54) is 0 Å². The fourth-order valence-electron chi connectivity index (χ4n) is 3.40. The van der Waals surface area contributed by atoms with Crippen molar-refractivity contribution in [2.24, 2.45) is 11.5 Å². The molecule has 0 spiro atoms. The summed E-state index contributed by atoms with van der Waals surface area (Å²) in [7, 11) is 3.63. The van der Waals surface area contributed by atoms with Crippen LogP contribution in [0, 0.1) is 0 Å². The van der Waals surface area contributed by atoms with E-state index in [0.717, 1.165) is 43.7 Å². The molecule has 0 fully saturated rings. The number of hydrogen-bond acceptors (Lipinski definition) is 9. The third-order valence-electron chi connectivity index (χ3n) is 5.33. The van der Waals surface area contributed by atoms with Crippen molar-refractivity contribution in [3.63, 3.8) is 0 Å². The Morgan fingerprint density at radius 3 is 2.46 bits per heavy atom. The third kappa shape index (κ3) is 12.9. The van der Waals surface area contributed by atoms with Gasteiger partial charge in [0.2, 0.25) is 5.91 Å². The van der Waals surface area contributed by atoms with Crippen molar-refractivity contribution < 1.29 is 19.1 Å². The monoisotopic (exact) mass is 521 g/mol. The van der Waals surface area contributed by atoms with Gasteiger partial charge in [-0.25, -0.2) is 0 Å². The molecule has 210 valence electrons. The summed E-state index contributed by atoms with van der Waals surface area (Å²) in [6.07, 6.45) is 2.90. The number of rotatable bonds is 11. The number of fused-ring (bicyclic) bond motifs is 1. The summed E-state index contributed by atoms with van der Waals surface area (Å²) in [4.78, 5) is 20.2. The van der Waals surface area contributed by atoms with Crippen LogP contribution in [0.4, 0.5) is 0 Å². The molecule has 11 heteroatoms. The van der Waals surface area contributed by atoms with Gasteiger partial charge < -0.3 is 40.9 Å². The Morgan fingerprint density at radius 1 is 1.24 bits per heavy atom. The number of aromatic nitrogens is 3. The normalized spacial score (nSPS) is 15.3. The summed E-state index contributed by atoms with van der Waals surface area (Å²) in [5, 5.41) is 14.5. The highest BCUT2D eigenvalue weighted by Crippen LogP contribution is 2.21. The molecule has 0 bridgehead atoms. The van der Waals surface area contributed by atoms with Crippen molar-refractivity contribution in [3.05, 3.63) is 47.5 Å². The minimum Gasteiger partial charge on any atom is -0.380 e. The summed E-state index contributed by atoms with van der Waals surface area (Å²) < 4.78 is 13.4. The Labute approximate surface area is 221 Å². The molecule has 0 radical (unpaired) electrons. The van der Waals surface area contributed by atoms with Crippen LogP contribution in [0.25, 0.3) is 0 Å². The van der Waals surface area contributed by atoms with Gasteiger partial charge in [-0.15, -0.1) is 10.2 Å². The van der Waals surface area contributed by atoms with Crippen molar-refractivity contribution in [1.82, 2.24) is 25.4 Å². The van der Waals surface area contributed by atoms with Crippen LogP contribution < -0.4 is 22.1 Å². The topological polar surface area (TPSA) is 159 Å². The first-order valence-electron chi connectivity index (χ1n) is 12.8. The molecule has 0 saturated heterocycles. The lowest BCUT2D eigenvalue weighted by Gasteiger charge is -2.26. The molecule has 2 heterocycles. The Hall–Kier alpha value is -2.70. The van der Waals surface area contributed by atoms with Gasteiger partial charge in [0, 0.05) is 13.5 Å². The molecule has 3 unspecified atom stereocenters. The van der Waals surface area contributed by atoms with Gasteiger partial charge in [-0.1, -0.05) is 44.2 Å². The van der Waals surface area contributed by atoms with Crippen LogP contribution in [0.15, 0.2) is 30.3 Å². The molecular weight excluding hydrogens is 474 g/mol. The highest BCUT2D eigenvalue weighted by atomic mass is 16.5. The number of ether oxygens (including phenoxy) is 2. The second kappa shape index (κ2) is 21.4. The fraction of sp³-hybridized carbons (Fsp3) is 0.615. The zero-order chi connectivity index (χ0) is 28.1. The van der Waals surface area contributed by atoms with E-state index in [2.05, 4.69) is 20.8 Å². The van der Waals surface area contributed by atoms with Crippen LogP contribution in [-0.4, -0.2) is 73.5 Å². The number of carbonyl (C=O) groups is 2. The maximum absolute atomic E-state index is 12.2. The maximum atomic E-state index is 12.2. The number of nitrogens with one attached hydrogen (secondary N) is 2. The summed E-state index contributed by atoms with van der Waals surface area (Å²) in [6, 6.07) is 8.85. The number of hydrogen-bond donors (Lipinski definition) is 4. The van der Waals surface area contributed by atoms with Crippen molar-refractivity contribution >= 4 is 12.7 Å². The Morgan fingerprint density at radius 2 is 1.92 bits per heavy atom. The van der Waals surface area contributed by atoms with Crippen molar-refractivity contribution in [2.45, 2.75) is 71.4 Å². The maximum Gasteiger partial charge on any atom is 0.237 e. The molecule has 1 amide bonds. The molecule has 0 saturated carbocycles. The minimum atomic E-state index is -0.614. The van der Waals surface area contributed by atoms with Crippen LogP contribution >= 0.6 is 0 Å². The van der Waals surface area contributed by atoms with Gasteiger partial charge >= 0.3 is 0 Å². The molecule has 1 aliphatic heterocycles. The molecule has 2 aromatic rings.